The lowest BCUT2D eigenvalue weighted by Crippen LogP contribution is -2.17. The van der Waals surface area contributed by atoms with Crippen molar-refractivity contribution in [2.45, 2.75) is 0 Å². The molecule has 0 saturated heterocycles. The number of hydrogen-bond acceptors (Lipinski definition) is 3. The second kappa shape index (κ2) is 6.24. The molecule has 0 fully saturated rings. The van der Waals surface area contributed by atoms with Crippen molar-refractivity contribution >= 4 is 44.8 Å². The SMILES string of the molecule is CN(C)c1c(Cl)cccc1NC(=O)c1ccc(Br)nc1. The normalized spacial score (nSPS) is 10.2. The van der Waals surface area contributed by atoms with Crippen molar-refractivity contribution in [1.82, 2.24) is 4.98 Å². The second-order valence-electron chi connectivity index (χ2n) is 4.35. The van der Waals surface area contributed by atoms with Gasteiger partial charge in [0.15, 0.2) is 0 Å². The number of pyridine rings is 1. The number of nitrogens with one attached hydrogen (secondary N) is 1. The van der Waals surface area contributed by atoms with E-state index in [9.17, 15) is 4.79 Å². The van der Waals surface area contributed by atoms with E-state index in [-0.39, 0.29) is 5.91 Å². The summed E-state index contributed by atoms with van der Waals surface area (Å²) in [4.78, 5) is 18.1. The molecule has 1 aromatic heterocycles. The van der Waals surface area contributed by atoms with Crippen LogP contribution in [0.4, 0.5) is 11.4 Å². The average molecular weight is 355 g/mol. The van der Waals surface area contributed by atoms with Crippen LogP contribution in [-0.2, 0) is 0 Å². The molecule has 104 valence electrons. The van der Waals surface area contributed by atoms with Gasteiger partial charge in [0.25, 0.3) is 5.91 Å². The van der Waals surface area contributed by atoms with E-state index in [1.807, 2.05) is 25.1 Å². The molecule has 4 nitrogen and oxygen atoms in total. The fourth-order valence-electron chi connectivity index (χ4n) is 1.78. The fourth-order valence-corrected chi connectivity index (χ4v) is 2.35. The third-order valence-corrected chi connectivity index (χ3v) is 3.45. The zero-order valence-corrected chi connectivity index (χ0v) is 13.4. The summed E-state index contributed by atoms with van der Waals surface area (Å²) in [5, 5.41) is 3.43. The smallest absolute Gasteiger partial charge is 0.257 e. The van der Waals surface area contributed by atoms with Gasteiger partial charge in [0, 0.05) is 20.3 Å². The summed E-state index contributed by atoms with van der Waals surface area (Å²) in [7, 11) is 3.75. The maximum absolute atomic E-state index is 12.2. The maximum atomic E-state index is 12.2. The first-order chi connectivity index (χ1) is 9.49. The average Bonchev–Trinajstić information content (AvgIpc) is 2.39. The molecule has 6 heteroatoms. The number of carbonyl (C=O) groups is 1. The molecular formula is C14H13BrClN3O. The van der Waals surface area contributed by atoms with E-state index in [0.29, 0.717) is 20.9 Å². The van der Waals surface area contributed by atoms with Crippen LogP contribution in [0.5, 0.6) is 0 Å². The summed E-state index contributed by atoms with van der Waals surface area (Å²) >= 11 is 9.40. The van der Waals surface area contributed by atoms with E-state index in [1.54, 1.807) is 24.3 Å². The zero-order chi connectivity index (χ0) is 14.7. The molecule has 2 aromatic rings. The Morgan fingerprint density at radius 2 is 2.05 bits per heavy atom. The van der Waals surface area contributed by atoms with Crippen LogP contribution in [0.15, 0.2) is 41.1 Å². The Balaban J connectivity index is 2.28. The topological polar surface area (TPSA) is 45.2 Å². The number of para-hydroxylation sites is 1. The molecule has 0 radical (unpaired) electrons. The highest BCUT2D eigenvalue weighted by atomic mass is 79.9. The number of aromatic nitrogens is 1. The summed E-state index contributed by atoms with van der Waals surface area (Å²) < 4.78 is 0.686. The lowest BCUT2D eigenvalue weighted by atomic mass is 10.2. The van der Waals surface area contributed by atoms with Crippen molar-refractivity contribution in [3.8, 4) is 0 Å². The molecule has 0 aliphatic heterocycles. The van der Waals surface area contributed by atoms with Crippen molar-refractivity contribution in [2.24, 2.45) is 0 Å². The molecule has 0 aliphatic rings. The van der Waals surface area contributed by atoms with Crippen LogP contribution in [0.3, 0.4) is 0 Å². The van der Waals surface area contributed by atoms with Crippen molar-refractivity contribution in [2.75, 3.05) is 24.3 Å². The van der Waals surface area contributed by atoms with Crippen molar-refractivity contribution < 1.29 is 4.79 Å². The summed E-state index contributed by atoms with van der Waals surface area (Å²) in [6.45, 7) is 0. The third kappa shape index (κ3) is 3.29. The fraction of sp³-hybridized carbons (Fsp3) is 0.143. The molecule has 0 unspecified atom stereocenters. The summed E-state index contributed by atoms with van der Waals surface area (Å²) in [5.41, 5.74) is 1.92. The Hall–Kier alpha value is -1.59. The van der Waals surface area contributed by atoms with Gasteiger partial charge >= 0.3 is 0 Å². The number of halogens is 2. The molecule has 0 saturated carbocycles. The van der Waals surface area contributed by atoms with Crippen LogP contribution >= 0.6 is 27.5 Å². The van der Waals surface area contributed by atoms with Gasteiger partial charge in [0.2, 0.25) is 0 Å². The first-order valence-corrected chi connectivity index (χ1v) is 7.05. The Labute approximate surface area is 130 Å². The Bertz CT molecular complexity index is 629. The van der Waals surface area contributed by atoms with E-state index in [4.69, 9.17) is 11.6 Å². The standard InChI is InChI=1S/C14H13BrClN3O/c1-19(2)13-10(16)4-3-5-11(13)18-14(20)9-6-7-12(15)17-8-9/h3-8H,1-2H3,(H,18,20). The first kappa shape index (κ1) is 14.8. The first-order valence-electron chi connectivity index (χ1n) is 5.88. The summed E-state index contributed by atoms with van der Waals surface area (Å²) in [6.07, 6.45) is 1.51. The van der Waals surface area contributed by atoms with Crippen molar-refractivity contribution in [1.29, 1.82) is 0 Å². The van der Waals surface area contributed by atoms with Crippen LogP contribution in [0, 0.1) is 0 Å². The predicted octanol–water partition coefficient (Wildman–Crippen LogP) is 3.82. The highest BCUT2D eigenvalue weighted by Gasteiger charge is 2.13. The molecule has 1 amide bonds. The number of anilines is 2. The van der Waals surface area contributed by atoms with Crippen LogP contribution in [0.2, 0.25) is 5.02 Å². The third-order valence-electron chi connectivity index (χ3n) is 2.67. The molecule has 0 aliphatic carbocycles. The number of hydrogen-bond donors (Lipinski definition) is 1. The molecule has 0 bridgehead atoms. The van der Waals surface area contributed by atoms with Crippen molar-refractivity contribution in [3.63, 3.8) is 0 Å². The summed E-state index contributed by atoms with van der Waals surface area (Å²) in [5.74, 6) is -0.227. The maximum Gasteiger partial charge on any atom is 0.257 e. The van der Waals surface area contributed by atoms with E-state index in [1.165, 1.54) is 6.20 Å². The molecular weight excluding hydrogens is 342 g/mol. The molecule has 0 atom stereocenters. The molecule has 1 aromatic carbocycles. The zero-order valence-electron chi connectivity index (χ0n) is 11.0. The van der Waals surface area contributed by atoms with Crippen LogP contribution in [-0.4, -0.2) is 25.0 Å². The monoisotopic (exact) mass is 353 g/mol. The highest BCUT2D eigenvalue weighted by Crippen LogP contribution is 2.32. The van der Waals surface area contributed by atoms with E-state index >= 15 is 0 Å². The van der Waals surface area contributed by atoms with Gasteiger partial charge in [-0.3, -0.25) is 4.79 Å². The van der Waals surface area contributed by atoms with E-state index < -0.39 is 0 Å². The minimum Gasteiger partial charge on any atom is -0.375 e. The van der Waals surface area contributed by atoms with Gasteiger partial charge in [-0.05, 0) is 40.2 Å². The Morgan fingerprint density at radius 1 is 1.30 bits per heavy atom. The Kier molecular flexibility index (Phi) is 4.62. The number of benzene rings is 1. The molecule has 0 spiro atoms. The molecule has 2 rings (SSSR count). The van der Waals surface area contributed by atoms with E-state index in [0.717, 1.165) is 5.69 Å². The highest BCUT2D eigenvalue weighted by molar-refractivity contribution is 9.10. The number of amides is 1. The lowest BCUT2D eigenvalue weighted by molar-refractivity contribution is 0.102. The predicted molar refractivity (Wildman–Crippen MR) is 85.7 cm³/mol. The van der Waals surface area contributed by atoms with Gasteiger partial charge in [-0.1, -0.05) is 17.7 Å². The van der Waals surface area contributed by atoms with Gasteiger partial charge < -0.3 is 10.2 Å². The van der Waals surface area contributed by atoms with Gasteiger partial charge in [-0.25, -0.2) is 4.98 Å². The quantitative estimate of drug-likeness (QED) is 0.852. The number of nitrogens with zero attached hydrogens (tertiary/aromatic N) is 2. The van der Waals surface area contributed by atoms with Crippen molar-refractivity contribution in [3.05, 3.63) is 51.7 Å². The molecule has 1 heterocycles. The lowest BCUT2D eigenvalue weighted by Gasteiger charge is -2.19. The second-order valence-corrected chi connectivity index (χ2v) is 5.57. The van der Waals surface area contributed by atoms with Crippen LogP contribution in [0.1, 0.15) is 10.4 Å². The molecule has 20 heavy (non-hydrogen) atoms. The number of carbonyl (C=O) groups excluding carboxylic acids is 1. The minimum atomic E-state index is -0.227. The van der Waals surface area contributed by atoms with Gasteiger partial charge in [-0.2, -0.15) is 0 Å². The van der Waals surface area contributed by atoms with Crippen LogP contribution < -0.4 is 10.2 Å². The van der Waals surface area contributed by atoms with Gasteiger partial charge in [0.05, 0.1) is 22.0 Å². The largest absolute Gasteiger partial charge is 0.375 e. The van der Waals surface area contributed by atoms with Gasteiger partial charge in [0.1, 0.15) is 4.60 Å². The van der Waals surface area contributed by atoms with Crippen LogP contribution in [0.25, 0.3) is 0 Å². The Morgan fingerprint density at radius 3 is 2.65 bits per heavy atom. The minimum absolute atomic E-state index is 0.227. The van der Waals surface area contributed by atoms with Gasteiger partial charge in [-0.15, -0.1) is 0 Å². The molecule has 1 N–H and O–H groups in total. The van der Waals surface area contributed by atoms with E-state index in [2.05, 4.69) is 26.2 Å². The number of rotatable bonds is 3. The summed E-state index contributed by atoms with van der Waals surface area (Å²) in [6, 6.07) is 8.82.